The van der Waals surface area contributed by atoms with E-state index in [0.29, 0.717) is 10.8 Å². The number of hydrogen-bond acceptors (Lipinski definition) is 3. The predicted molar refractivity (Wildman–Crippen MR) is 78.0 cm³/mol. The zero-order chi connectivity index (χ0) is 13.1. The smallest absolute Gasteiger partial charge is 0.260 e. The van der Waals surface area contributed by atoms with Crippen molar-refractivity contribution >= 4 is 45.9 Å². The van der Waals surface area contributed by atoms with Crippen molar-refractivity contribution in [2.45, 2.75) is 0 Å². The van der Waals surface area contributed by atoms with Crippen LogP contribution in [-0.4, -0.2) is 16.0 Å². The summed E-state index contributed by atoms with van der Waals surface area (Å²) in [4.78, 5) is 15.9. The molecule has 0 atom stereocenters. The minimum atomic E-state index is -0.416. The molecule has 0 aliphatic rings. The van der Waals surface area contributed by atoms with Gasteiger partial charge in [0.15, 0.2) is 0 Å². The average Bonchev–Trinajstić information content (AvgIpc) is 2.35. The first-order valence-electron chi connectivity index (χ1n) is 4.97. The van der Waals surface area contributed by atoms with Gasteiger partial charge in [-0.25, -0.2) is 4.98 Å². The molecule has 1 amide bonds. The number of anilines is 1. The molecule has 0 saturated heterocycles. The number of benzene rings is 1. The van der Waals surface area contributed by atoms with Crippen molar-refractivity contribution in [2.75, 3.05) is 5.32 Å². The minimum absolute atomic E-state index is 0.0677. The fourth-order valence-corrected chi connectivity index (χ4v) is 1.93. The van der Waals surface area contributed by atoms with Gasteiger partial charge in [0.2, 0.25) is 0 Å². The molecule has 0 saturated carbocycles. The number of pyridine rings is 1. The van der Waals surface area contributed by atoms with Gasteiger partial charge in [-0.3, -0.25) is 4.79 Å². The summed E-state index contributed by atoms with van der Waals surface area (Å²) in [6.45, 7) is 0. The monoisotopic (exact) mass is 374 g/mol. The van der Waals surface area contributed by atoms with Gasteiger partial charge in [0.05, 0.1) is 10.6 Å². The van der Waals surface area contributed by atoms with E-state index < -0.39 is 5.91 Å². The van der Waals surface area contributed by atoms with Crippen LogP contribution in [0.5, 0.6) is 5.75 Å². The molecule has 0 aliphatic heterocycles. The summed E-state index contributed by atoms with van der Waals surface area (Å²) in [5.74, 6) is -0.106. The summed E-state index contributed by atoms with van der Waals surface area (Å²) in [6, 6.07) is 8.00. The third-order valence-electron chi connectivity index (χ3n) is 2.17. The van der Waals surface area contributed by atoms with Gasteiger partial charge in [-0.2, -0.15) is 0 Å². The first-order valence-corrected chi connectivity index (χ1v) is 6.43. The number of amides is 1. The van der Waals surface area contributed by atoms with Crippen LogP contribution in [0.25, 0.3) is 0 Å². The Labute approximate surface area is 122 Å². The summed E-state index contributed by atoms with van der Waals surface area (Å²) in [6.07, 6.45) is 1.44. The van der Waals surface area contributed by atoms with Gasteiger partial charge in [0.25, 0.3) is 5.91 Å². The van der Waals surface area contributed by atoms with Crippen LogP contribution in [0.4, 0.5) is 5.82 Å². The van der Waals surface area contributed by atoms with Gasteiger partial charge in [-0.05, 0) is 52.9 Å². The molecule has 1 aromatic heterocycles. The van der Waals surface area contributed by atoms with Gasteiger partial charge in [0.1, 0.15) is 11.6 Å². The van der Waals surface area contributed by atoms with Crippen LogP contribution in [-0.2, 0) is 0 Å². The number of hydrogen-bond donors (Lipinski definition) is 2. The molecule has 2 aromatic rings. The zero-order valence-corrected chi connectivity index (χ0v) is 11.9. The number of carbonyl (C=O) groups excluding carboxylic acids is 1. The topological polar surface area (TPSA) is 62.2 Å². The number of aromatic nitrogens is 1. The molecule has 1 heterocycles. The molecule has 0 bridgehead atoms. The molecule has 2 rings (SSSR count). The Morgan fingerprint density at radius 3 is 2.78 bits per heavy atom. The number of aromatic hydroxyl groups is 1. The lowest BCUT2D eigenvalue weighted by Crippen LogP contribution is -2.13. The lowest BCUT2D eigenvalue weighted by molar-refractivity contribution is 0.102. The largest absolute Gasteiger partial charge is 0.507 e. The van der Waals surface area contributed by atoms with E-state index in [9.17, 15) is 9.90 Å². The van der Waals surface area contributed by atoms with Gasteiger partial charge in [0, 0.05) is 9.77 Å². The van der Waals surface area contributed by atoms with Crippen molar-refractivity contribution in [2.24, 2.45) is 0 Å². The van der Waals surface area contributed by atoms with E-state index in [-0.39, 0.29) is 11.3 Å². The van der Waals surface area contributed by atoms with Crippen molar-refractivity contribution in [3.8, 4) is 5.75 Å². The fraction of sp³-hybridized carbons (Fsp3) is 0. The molecule has 0 fully saturated rings. The van der Waals surface area contributed by atoms with Crippen LogP contribution in [0.2, 0.25) is 5.02 Å². The normalized spacial score (nSPS) is 10.1. The Balaban J connectivity index is 2.21. The van der Waals surface area contributed by atoms with E-state index in [0.717, 1.165) is 3.57 Å². The van der Waals surface area contributed by atoms with Crippen LogP contribution < -0.4 is 5.32 Å². The van der Waals surface area contributed by atoms with Crippen molar-refractivity contribution in [3.63, 3.8) is 0 Å². The van der Waals surface area contributed by atoms with E-state index in [2.05, 4.69) is 32.9 Å². The fourth-order valence-electron chi connectivity index (χ4n) is 1.32. The lowest BCUT2D eigenvalue weighted by atomic mass is 10.2. The number of halogens is 2. The molecule has 1 aromatic carbocycles. The zero-order valence-electron chi connectivity index (χ0n) is 9.02. The first kappa shape index (κ1) is 13.1. The average molecular weight is 375 g/mol. The van der Waals surface area contributed by atoms with E-state index in [4.69, 9.17) is 11.6 Å². The number of rotatable bonds is 2. The third-order valence-corrected chi connectivity index (χ3v) is 3.07. The van der Waals surface area contributed by atoms with E-state index >= 15 is 0 Å². The number of carbonyl (C=O) groups is 1. The molecule has 0 radical (unpaired) electrons. The molecule has 6 heteroatoms. The van der Waals surface area contributed by atoms with E-state index in [1.807, 2.05) is 0 Å². The van der Waals surface area contributed by atoms with Gasteiger partial charge in [-0.1, -0.05) is 11.6 Å². The second kappa shape index (κ2) is 5.53. The Bertz CT molecular complexity index is 587. The maximum atomic E-state index is 11.9. The molecule has 0 aliphatic carbocycles. The van der Waals surface area contributed by atoms with E-state index in [1.54, 1.807) is 24.3 Å². The highest BCUT2D eigenvalue weighted by Gasteiger charge is 2.12. The maximum Gasteiger partial charge on any atom is 0.260 e. The highest BCUT2D eigenvalue weighted by Crippen LogP contribution is 2.21. The standard InChI is InChI=1S/C12H8ClIN2O2/c13-7-1-4-11(15-6-7)16-12(18)9-5-8(14)2-3-10(9)17/h1-6,17H,(H,15,16,18). The Kier molecular flexibility index (Phi) is 4.03. The number of phenolic OH excluding ortho intramolecular Hbond substituents is 1. The maximum absolute atomic E-state index is 11.9. The second-order valence-corrected chi connectivity index (χ2v) is 5.16. The summed E-state index contributed by atoms with van der Waals surface area (Å²) in [5, 5.41) is 12.7. The third kappa shape index (κ3) is 3.11. The van der Waals surface area contributed by atoms with Crippen LogP contribution in [0.3, 0.4) is 0 Å². The predicted octanol–water partition coefficient (Wildman–Crippen LogP) is 3.30. The Morgan fingerprint density at radius 2 is 2.11 bits per heavy atom. The SMILES string of the molecule is O=C(Nc1ccc(Cl)cn1)c1cc(I)ccc1O. The van der Waals surface area contributed by atoms with Gasteiger partial charge >= 0.3 is 0 Å². The van der Waals surface area contributed by atoms with E-state index in [1.165, 1.54) is 12.3 Å². The summed E-state index contributed by atoms with van der Waals surface area (Å²) in [7, 11) is 0. The van der Waals surface area contributed by atoms with Crippen molar-refractivity contribution in [3.05, 3.63) is 50.7 Å². The molecular weight excluding hydrogens is 367 g/mol. The quantitative estimate of drug-likeness (QED) is 0.793. The summed E-state index contributed by atoms with van der Waals surface area (Å²) >= 11 is 7.76. The molecule has 0 spiro atoms. The Hall–Kier alpha value is -1.34. The minimum Gasteiger partial charge on any atom is -0.507 e. The lowest BCUT2D eigenvalue weighted by Gasteiger charge is -2.06. The number of nitrogens with one attached hydrogen (secondary N) is 1. The number of nitrogens with zero attached hydrogens (tertiary/aromatic N) is 1. The summed E-state index contributed by atoms with van der Waals surface area (Å²) < 4.78 is 0.861. The van der Waals surface area contributed by atoms with Gasteiger partial charge in [-0.15, -0.1) is 0 Å². The van der Waals surface area contributed by atoms with Crippen LogP contribution >= 0.6 is 34.2 Å². The molecule has 0 unspecified atom stereocenters. The second-order valence-electron chi connectivity index (χ2n) is 3.48. The van der Waals surface area contributed by atoms with Crippen molar-refractivity contribution < 1.29 is 9.90 Å². The Morgan fingerprint density at radius 1 is 1.33 bits per heavy atom. The highest BCUT2D eigenvalue weighted by atomic mass is 127. The molecular formula is C12H8ClIN2O2. The van der Waals surface area contributed by atoms with Crippen LogP contribution in [0.15, 0.2) is 36.5 Å². The first-order chi connectivity index (χ1) is 8.56. The van der Waals surface area contributed by atoms with Crippen molar-refractivity contribution in [1.82, 2.24) is 4.98 Å². The number of phenols is 1. The highest BCUT2D eigenvalue weighted by molar-refractivity contribution is 14.1. The molecule has 4 nitrogen and oxygen atoms in total. The van der Waals surface area contributed by atoms with Crippen LogP contribution in [0.1, 0.15) is 10.4 Å². The van der Waals surface area contributed by atoms with Gasteiger partial charge < -0.3 is 10.4 Å². The molecule has 2 N–H and O–H groups in total. The van der Waals surface area contributed by atoms with Crippen LogP contribution in [0, 0.1) is 3.57 Å². The molecule has 18 heavy (non-hydrogen) atoms. The summed E-state index contributed by atoms with van der Waals surface area (Å²) in [5.41, 5.74) is 0.207. The van der Waals surface area contributed by atoms with Crippen molar-refractivity contribution in [1.29, 1.82) is 0 Å². The molecule has 92 valence electrons.